The average molecular weight is 406 g/mol. The zero-order chi connectivity index (χ0) is 13.8. The van der Waals surface area contributed by atoms with Gasteiger partial charge >= 0.3 is 0 Å². The molecule has 5 nitrogen and oxygen atoms in total. The molecule has 100 valence electrons. The van der Waals surface area contributed by atoms with Crippen molar-refractivity contribution in [3.8, 4) is 0 Å². The number of nitrogens with zero attached hydrogens (tertiary/aromatic N) is 2. The molecule has 19 heavy (non-hydrogen) atoms. The minimum atomic E-state index is -0.244. The molecular weight excluding hydrogens is 396 g/mol. The first-order valence-corrected chi connectivity index (χ1v) is 7.82. The first kappa shape index (κ1) is 14.4. The van der Waals surface area contributed by atoms with E-state index in [4.69, 9.17) is 0 Å². The number of pyridine rings is 1. The van der Waals surface area contributed by atoms with E-state index in [9.17, 15) is 4.79 Å². The number of hydrogen-bond donors (Lipinski definition) is 2. The highest BCUT2D eigenvalue weighted by molar-refractivity contribution is 9.11. The fourth-order valence-corrected chi connectivity index (χ4v) is 2.83. The molecule has 0 spiro atoms. The minimum Gasteiger partial charge on any atom is -0.370 e. The zero-order valence-electron chi connectivity index (χ0n) is 9.91. The fraction of sp³-hybridized carbons (Fsp3) is 0.182. The molecule has 0 aliphatic carbocycles. The van der Waals surface area contributed by atoms with Crippen molar-refractivity contribution in [3.05, 3.63) is 32.3 Å². The smallest absolute Gasteiger partial charge is 0.261 e. The Morgan fingerprint density at radius 1 is 1.37 bits per heavy atom. The van der Waals surface area contributed by atoms with Crippen molar-refractivity contribution >= 4 is 60.1 Å². The van der Waals surface area contributed by atoms with E-state index in [2.05, 4.69) is 52.5 Å². The van der Waals surface area contributed by atoms with Crippen molar-refractivity contribution in [1.29, 1.82) is 0 Å². The van der Waals surface area contributed by atoms with Crippen molar-refractivity contribution in [1.82, 2.24) is 9.97 Å². The molecule has 2 heterocycles. The van der Waals surface area contributed by atoms with Gasteiger partial charge in [-0.05, 0) is 44.8 Å². The lowest BCUT2D eigenvalue weighted by molar-refractivity contribution is 0.102. The molecule has 0 unspecified atom stereocenters. The predicted octanol–water partition coefficient (Wildman–Crippen LogP) is 3.75. The lowest BCUT2D eigenvalue weighted by atomic mass is 10.2. The summed E-state index contributed by atoms with van der Waals surface area (Å²) in [7, 11) is 0. The molecule has 0 fully saturated rings. The zero-order valence-corrected chi connectivity index (χ0v) is 13.9. The van der Waals surface area contributed by atoms with E-state index < -0.39 is 0 Å². The molecule has 0 atom stereocenters. The van der Waals surface area contributed by atoms with Crippen LogP contribution in [0.2, 0.25) is 0 Å². The van der Waals surface area contributed by atoms with Gasteiger partial charge in [-0.2, -0.15) is 0 Å². The lowest BCUT2D eigenvalue weighted by Gasteiger charge is -2.09. The Labute approximate surface area is 131 Å². The first-order valence-electron chi connectivity index (χ1n) is 5.42. The summed E-state index contributed by atoms with van der Waals surface area (Å²) in [6.45, 7) is 2.64. The number of carbonyl (C=O) groups excluding carboxylic acids is 1. The van der Waals surface area contributed by atoms with Gasteiger partial charge in [0.2, 0.25) is 0 Å². The molecule has 0 saturated carbocycles. The molecule has 1 amide bonds. The van der Waals surface area contributed by atoms with Crippen LogP contribution >= 0.6 is 43.2 Å². The van der Waals surface area contributed by atoms with Crippen LogP contribution in [0.3, 0.4) is 0 Å². The summed E-state index contributed by atoms with van der Waals surface area (Å²) in [5.74, 6) is 0.311. The van der Waals surface area contributed by atoms with Gasteiger partial charge in [0.25, 0.3) is 5.91 Å². The standard InChI is InChI=1S/C11H10Br2N4OS/c1-2-14-9-7(3-6(12)4-15-9)10(18)17-11-16-5-8(13)19-11/h3-5H,2H2,1H3,(H,14,15)(H,16,17,18). The molecule has 2 rings (SSSR count). The monoisotopic (exact) mass is 404 g/mol. The highest BCUT2D eigenvalue weighted by atomic mass is 79.9. The van der Waals surface area contributed by atoms with E-state index in [-0.39, 0.29) is 5.91 Å². The maximum Gasteiger partial charge on any atom is 0.261 e. The Morgan fingerprint density at radius 2 is 2.16 bits per heavy atom. The minimum absolute atomic E-state index is 0.244. The normalized spacial score (nSPS) is 10.3. The van der Waals surface area contributed by atoms with Crippen molar-refractivity contribution in [2.75, 3.05) is 17.2 Å². The molecule has 8 heteroatoms. The second-order valence-electron chi connectivity index (χ2n) is 3.50. The van der Waals surface area contributed by atoms with E-state index in [1.165, 1.54) is 11.3 Å². The molecule has 0 aromatic carbocycles. The van der Waals surface area contributed by atoms with Crippen LogP contribution in [0.1, 0.15) is 17.3 Å². The maximum atomic E-state index is 12.2. The Kier molecular flexibility index (Phi) is 4.89. The SMILES string of the molecule is CCNc1ncc(Br)cc1C(=O)Nc1ncc(Br)s1. The summed E-state index contributed by atoms with van der Waals surface area (Å²) in [6, 6.07) is 1.73. The average Bonchev–Trinajstić information content (AvgIpc) is 2.77. The molecule has 0 aliphatic rings. The van der Waals surface area contributed by atoms with Crippen LogP contribution in [-0.2, 0) is 0 Å². The summed E-state index contributed by atoms with van der Waals surface area (Å²) >= 11 is 7.97. The Balaban J connectivity index is 2.24. The van der Waals surface area contributed by atoms with Gasteiger partial charge in [0.1, 0.15) is 5.82 Å². The Bertz CT molecular complexity index is 602. The van der Waals surface area contributed by atoms with Gasteiger partial charge in [-0.15, -0.1) is 0 Å². The first-order chi connectivity index (χ1) is 9.10. The molecule has 2 N–H and O–H groups in total. The summed E-state index contributed by atoms with van der Waals surface area (Å²) in [5.41, 5.74) is 0.475. The number of anilines is 2. The van der Waals surface area contributed by atoms with Crippen LogP contribution in [0, 0.1) is 0 Å². The molecule has 2 aromatic rings. The van der Waals surface area contributed by atoms with Crippen LogP contribution in [0.4, 0.5) is 10.9 Å². The van der Waals surface area contributed by atoms with Gasteiger partial charge in [0, 0.05) is 17.2 Å². The molecule has 0 radical (unpaired) electrons. The van der Waals surface area contributed by atoms with Gasteiger partial charge in [0.15, 0.2) is 5.13 Å². The van der Waals surface area contributed by atoms with Crippen molar-refractivity contribution < 1.29 is 4.79 Å². The van der Waals surface area contributed by atoms with Crippen LogP contribution in [0.5, 0.6) is 0 Å². The predicted molar refractivity (Wildman–Crippen MR) is 83.9 cm³/mol. The maximum absolute atomic E-state index is 12.2. The Morgan fingerprint density at radius 3 is 2.79 bits per heavy atom. The third kappa shape index (κ3) is 3.74. The molecule has 2 aromatic heterocycles. The van der Waals surface area contributed by atoms with E-state index in [1.807, 2.05) is 6.92 Å². The highest BCUT2D eigenvalue weighted by Gasteiger charge is 2.14. The number of nitrogens with one attached hydrogen (secondary N) is 2. The summed E-state index contributed by atoms with van der Waals surface area (Å²) in [4.78, 5) is 20.5. The van der Waals surface area contributed by atoms with Gasteiger partial charge in [-0.3, -0.25) is 10.1 Å². The second kappa shape index (κ2) is 6.44. The fourth-order valence-electron chi connectivity index (χ4n) is 1.40. The second-order valence-corrected chi connectivity index (χ2v) is 6.83. The number of carbonyl (C=O) groups is 1. The molecule has 0 aliphatic heterocycles. The Hall–Kier alpha value is -0.990. The number of halogens is 2. The molecule has 0 bridgehead atoms. The quantitative estimate of drug-likeness (QED) is 0.812. The number of thiazole rings is 1. The van der Waals surface area contributed by atoms with Crippen molar-refractivity contribution in [2.24, 2.45) is 0 Å². The largest absolute Gasteiger partial charge is 0.370 e. The van der Waals surface area contributed by atoms with E-state index >= 15 is 0 Å². The third-order valence-corrected chi connectivity index (χ3v) is 3.97. The van der Waals surface area contributed by atoms with Crippen molar-refractivity contribution in [3.63, 3.8) is 0 Å². The van der Waals surface area contributed by atoms with Gasteiger partial charge < -0.3 is 5.32 Å². The van der Waals surface area contributed by atoms with Crippen LogP contribution in [0.15, 0.2) is 26.7 Å². The highest BCUT2D eigenvalue weighted by Crippen LogP contribution is 2.25. The van der Waals surface area contributed by atoms with E-state index in [1.54, 1.807) is 18.5 Å². The lowest BCUT2D eigenvalue weighted by Crippen LogP contribution is -2.15. The molecular formula is C11H10Br2N4OS. The van der Waals surface area contributed by atoms with Gasteiger partial charge in [0.05, 0.1) is 15.5 Å². The van der Waals surface area contributed by atoms with Gasteiger partial charge in [-0.25, -0.2) is 9.97 Å². The summed E-state index contributed by atoms with van der Waals surface area (Å²) < 4.78 is 1.61. The summed E-state index contributed by atoms with van der Waals surface area (Å²) in [6.07, 6.45) is 3.29. The van der Waals surface area contributed by atoms with E-state index in [0.717, 1.165) is 8.26 Å². The van der Waals surface area contributed by atoms with Crippen molar-refractivity contribution in [2.45, 2.75) is 6.92 Å². The van der Waals surface area contributed by atoms with Crippen LogP contribution in [0.25, 0.3) is 0 Å². The van der Waals surface area contributed by atoms with Crippen LogP contribution in [-0.4, -0.2) is 22.4 Å². The third-order valence-electron chi connectivity index (χ3n) is 2.14. The number of hydrogen-bond acceptors (Lipinski definition) is 5. The summed E-state index contributed by atoms with van der Waals surface area (Å²) in [5, 5.41) is 6.34. The van der Waals surface area contributed by atoms with Crippen LogP contribution < -0.4 is 10.6 Å². The van der Waals surface area contributed by atoms with Gasteiger partial charge in [-0.1, -0.05) is 11.3 Å². The number of amides is 1. The van der Waals surface area contributed by atoms with E-state index in [0.29, 0.717) is 23.1 Å². The topological polar surface area (TPSA) is 66.9 Å². The number of rotatable bonds is 4. The number of aromatic nitrogens is 2. The molecule has 0 saturated heterocycles.